The first kappa shape index (κ1) is 21.1. The Kier molecular flexibility index (Phi) is 5.90. The third-order valence-corrected chi connectivity index (χ3v) is 5.38. The molecule has 11 heteroatoms. The number of anilines is 1. The van der Waals surface area contributed by atoms with E-state index in [2.05, 4.69) is 15.4 Å². The minimum Gasteiger partial charge on any atom is -0.455 e. The van der Waals surface area contributed by atoms with Gasteiger partial charge in [0.25, 0.3) is 11.2 Å². The summed E-state index contributed by atoms with van der Waals surface area (Å²) in [7, 11) is 0. The third kappa shape index (κ3) is 4.62. The minimum absolute atomic E-state index is 0.0363. The second-order valence-corrected chi connectivity index (χ2v) is 7.87. The molecule has 4 aromatic rings. The molecule has 0 aliphatic rings. The number of benzene rings is 2. The van der Waals surface area contributed by atoms with Crippen molar-refractivity contribution in [1.29, 1.82) is 0 Å². The van der Waals surface area contributed by atoms with E-state index in [0.717, 1.165) is 21.4 Å². The summed E-state index contributed by atoms with van der Waals surface area (Å²) < 4.78 is 6.38. The van der Waals surface area contributed by atoms with E-state index in [-0.39, 0.29) is 23.4 Å². The van der Waals surface area contributed by atoms with Crippen molar-refractivity contribution in [3.05, 3.63) is 96.9 Å². The highest BCUT2D eigenvalue weighted by atomic mass is 32.1. The summed E-state index contributed by atoms with van der Waals surface area (Å²) in [5.41, 5.74) is 1.30. The van der Waals surface area contributed by atoms with Crippen LogP contribution in [-0.4, -0.2) is 25.5 Å². The van der Waals surface area contributed by atoms with Gasteiger partial charge in [-0.3, -0.25) is 14.9 Å². The van der Waals surface area contributed by atoms with Gasteiger partial charge in [0.2, 0.25) is 4.96 Å². The van der Waals surface area contributed by atoms with Gasteiger partial charge in [0.15, 0.2) is 5.01 Å². The van der Waals surface area contributed by atoms with Crippen molar-refractivity contribution < 1.29 is 14.5 Å². The van der Waals surface area contributed by atoms with Crippen LogP contribution in [0.15, 0.2) is 59.4 Å². The number of fused-ring (bicyclic) bond motifs is 1. The SMILES string of the molecule is Cc1cc(=O)n2nc(COC(=O)c3ccc(NCc4ccccc4)c([N+](=O)[O-])c3)sc2n1. The highest BCUT2D eigenvalue weighted by Crippen LogP contribution is 2.27. The number of nitro benzene ring substituents is 1. The molecule has 0 aliphatic heterocycles. The fourth-order valence-corrected chi connectivity index (χ4v) is 3.84. The molecule has 0 aliphatic carbocycles. The standard InChI is InChI=1S/C21H17N5O5S/c1-13-9-19(27)25-21(23-13)32-18(24-25)12-31-20(28)15-7-8-16(17(10-15)26(29)30)22-11-14-5-3-2-4-6-14/h2-10,22H,11-12H2,1H3. The van der Waals surface area contributed by atoms with Gasteiger partial charge >= 0.3 is 5.97 Å². The lowest BCUT2D eigenvalue weighted by Gasteiger charge is -2.09. The number of nitrogens with one attached hydrogen (secondary N) is 1. The van der Waals surface area contributed by atoms with Gasteiger partial charge in [-0.2, -0.15) is 9.61 Å². The molecule has 0 saturated carbocycles. The molecule has 0 fully saturated rings. The zero-order valence-electron chi connectivity index (χ0n) is 16.8. The van der Waals surface area contributed by atoms with Crippen LogP contribution in [0, 0.1) is 17.0 Å². The predicted molar refractivity (Wildman–Crippen MR) is 118 cm³/mol. The van der Waals surface area contributed by atoms with E-state index < -0.39 is 10.9 Å². The van der Waals surface area contributed by atoms with Crippen LogP contribution in [0.25, 0.3) is 4.96 Å². The highest BCUT2D eigenvalue weighted by Gasteiger charge is 2.19. The Morgan fingerprint density at radius 2 is 2.00 bits per heavy atom. The number of esters is 1. The number of aromatic nitrogens is 3. The lowest BCUT2D eigenvalue weighted by Crippen LogP contribution is -2.14. The maximum Gasteiger partial charge on any atom is 0.338 e. The van der Waals surface area contributed by atoms with Crippen molar-refractivity contribution in [2.75, 3.05) is 5.32 Å². The van der Waals surface area contributed by atoms with Crippen LogP contribution in [0.2, 0.25) is 0 Å². The molecule has 0 amide bonds. The third-order valence-electron chi connectivity index (χ3n) is 4.50. The van der Waals surface area contributed by atoms with Gasteiger partial charge in [0.1, 0.15) is 12.3 Å². The van der Waals surface area contributed by atoms with Gasteiger partial charge in [-0.1, -0.05) is 41.7 Å². The van der Waals surface area contributed by atoms with Crippen molar-refractivity contribution in [3.8, 4) is 0 Å². The number of aryl methyl sites for hydroxylation is 1. The number of ether oxygens (including phenoxy) is 1. The molecular formula is C21H17N5O5S. The average molecular weight is 451 g/mol. The van der Waals surface area contributed by atoms with Crippen LogP contribution in [-0.2, 0) is 17.9 Å². The second-order valence-electron chi connectivity index (χ2n) is 6.83. The smallest absolute Gasteiger partial charge is 0.338 e. The van der Waals surface area contributed by atoms with Crippen molar-refractivity contribution in [2.24, 2.45) is 0 Å². The molecule has 2 aromatic heterocycles. The summed E-state index contributed by atoms with van der Waals surface area (Å²) >= 11 is 1.12. The number of carbonyl (C=O) groups excluding carboxylic acids is 1. The number of carbonyl (C=O) groups is 1. The molecule has 32 heavy (non-hydrogen) atoms. The van der Waals surface area contributed by atoms with Crippen LogP contribution < -0.4 is 10.9 Å². The zero-order valence-corrected chi connectivity index (χ0v) is 17.7. The number of hydrogen-bond donors (Lipinski definition) is 1. The largest absolute Gasteiger partial charge is 0.455 e. The molecule has 1 N–H and O–H groups in total. The van der Waals surface area contributed by atoms with Crippen LogP contribution in [0.5, 0.6) is 0 Å². The molecule has 2 heterocycles. The summed E-state index contributed by atoms with van der Waals surface area (Å²) in [5, 5.41) is 19.0. The number of hydrogen-bond acceptors (Lipinski definition) is 9. The van der Waals surface area contributed by atoms with E-state index in [1.54, 1.807) is 6.92 Å². The Hall–Kier alpha value is -4.12. The molecule has 0 spiro atoms. The quantitative estimate of drug-likeness (QED) is 0.257. The maximum atomic E-state index is 12.4. The Morgan fingerprint density at radius 3 is 2.75 bits per heavy atom. The van der Waals surface area contributed by atoms with E-state index in [1.165, 1.54) is 24.3 Å². The normalized spacial score (nSPS) is 10.8. The van der Waals surface area contributed by atoms with Gasteiger partial charge in [0, 0.05) is 24.4 Å². The van der Waals surface area contributed by atoms with Crippen LogP contribution in [0.4, 0.5) is 11.4 Å². The fourth-order valence-electron chi connectivity index (χ4n) is 2.98. The molecule has 10 nitrogen and oxygen atoms in total. The highest BCUT2D eigenvalue weighted by molar-refractivity contribution is 7.16. The van der Waals surface area contributed by atoms with Gasteiger partial charge in [-0.15, -0.1) is 0 Å². The average Bonchev–Trinajstić information content (AvgIpc) is 3.20. The Balaban J connectivity index is 1.47. The minimum atomic E-state index is -0.738. The van der Waals surface area contributed by atoms with E-state index in [9.17, 15) is 19.7 Å². The predicted octanol–water partition coefficient (Wildman–Crippen LogP) is 3.34. The molecule has 4 rings (SSSR count). The van der Waals surface area contributed by atoms with E-state index in [1.807, 2.05) is 30.3 Å². The van der Waals surface area contributed by atoms with Gasteiger partial charge in [0.05, 0.1) is 10.5 Å². The summed E-state index contributed by atoms with van der Waals surface area (Å²) in [6, 6.07) is 14.9. The van der Waals surface area contributed by atoms with Gasteiger partial charge < -0.3 is 10.1 Å². The van der Waals surface area contributed by atoms with Gasteiger partial charge in [-0.25, -0.2) is 9.78 Å². The molecule has 2 aromatic carbocycles. The first-order chi connectivity index (χ1) is 15.4. The lowest BCUT2D eigenvalue weighted by molar-refractivity contribution is -0.384. The molecule has 0 saturated heterocycles. The zero-order chi connectivity index (χ0) is 22.7. The number of rotatable bonds is 7. The Bertz CT molecular complexity index is 1370. The lowest BCUT2D eigenvalue weighted by atomic mass is 10.1. The van der Waals surface area contributed by atoms with Crippen LogP contribution >= 0.6 is 11.3 Å². The van der Waals surface area contributed by atoms with Crippen molar-refractivity contribution >= 4 is 33.6 Å². The second kappa shape index (κ2) is 8.94. The van der Waals surface area contributed by atoms with E-state index in [0.29, 0.717) is 27.9 Å². The maximum absolute atomic E-state index is 12.4. The first-order valence-corrected chi connectivity index (χ1v) is 10.3. The molecular weight excluding hydrogens is 434 g/mol. The van der Waals surface area contributed by atoms with Crippen molar-refractivity contribution in [1.82, 2.24) is 14.6 Å². The molecule has 0 bridgehead atoms. The number of nitrogens with zero attached hydrogens (tertiary/aromatic N) is 4. The van der Waals surface area contributed by atoms with Crippen molar-refractivity contribution in [2.45, 2.75) is 20.1 Å². The van der Waals surface area contributed by atoms with Crippen molar-refractivity contribution in [3.63, 3.8) is 0 Å². The summed E-state index contributed by atoms with van der Waals surface area (Å²) in [6.07, 6.45) is 0. The molecule has 0 unspecified atom stereocenters. The molecule has 0 radical (unpaired) electrons. The summed E-state index contributed by atoms with van der Waals surface area (Å²) in [4.78, 5) is 40.0. The summed E-state index contributed by atoms with van der Waals surface area (Å²) in [5.74, 6) is -0.738. The topological polar surface area (TPSA) is 129 Å². The monoisotopic (exact) mass is 451 g/mol. The Labute approximate surface area is 185 Å². The number of nitro groups is 1. The van der Waals surface area contributed by atoms with E-state index >= 15 is 0 Å². The fraction of sp³-hybridized carbons (Fsp3) is 0.143. The van der Waals surface area contributed by atoms with Crippen LogP contribution in [0.1, 0.15) is 26.6 Å². The van der Waals surface area contributed by atoms with E-state index in [4.69, 9.17) is 4.74 Å². The van der Waals surface area contributed by atoms with Gasteiger partial charge in [-0.05, 0) is 24.6 Å². The molecule has 0 atom stereocenters. The molecule has 162 valence electrons. The summed E-state index contributed by atoms with van der Waals surface area (Å²) in [6.45, 7) is 1.91. The Morgan fingerprint density at radius 1 is 1.22 bits per heavy atom. The van der Waals surface area contributed by atoms with Crippen LogP contribution in [0.3, 0.4) is 0 Å². The first-order valence-electron chi connectivity index (χ1n) is 9.50.